The van der Waals surface area contributed by atoms with Gasteiger partial charge in [0, 0.05) is 61.9 Å². The normalized spacial score (nSPS) is 20.6. The maximum Gasteiger partial charge on any atom is 0.387 e. The van der Waals surface area contributed by atoms with Crippen LogP contribution in [0.25, 0.3) is 16.9 Å². The Morgan fingerprint density at radius 3 is 2.65 bits per heavy atom. The van der Waals surface area contributed by atoms with E-state index in [1.54, 1.807) is 12.3 Å². The van der Waals surface area contributed by atoms with Crippen LogP contribution < -0.4 is 10.1 Å². The summed E-state index contributed by atoms with van der Waals surface area (Å²) >= 11 is 6.25. The fourth-order valence-electron chi connectivity index (χ4n) is 7.48. The zero-order valence-corrected chi connectivity index (χ0v) is 26.8. The molecular weight excluding hydrogens is 644 g/mol. The number of nitriles is 1. The minimum atomic E-state index is -3.12. The number of likely N-dealkylation sites (tertiary alicyclic amines) is 2. The Morgan fingerprint density at radius 2 is 1.92 bits per heavy atom. The minimum absolute atomic E-state index is 0.0989. The Bertz CT molecular complexity index is 1870. The van der Waals surface area contributed by atoms with Crippen molar-refractivity contribution in [3.8, 4) is 23.1 Å². The highest BCUT2D eigenvalue weighted by atomic mass is 35.5. The van der Waals surface area contributed by atoms with Crippen LogP contribution in [0.2, 0.25) is 5.02 Å². The molecule has 0 spiro atoms. The van der Waals surface area contributed by atoms with Crippen molar-refractivity contribution >= 4 is 34.7 Å². The highest BCUT2D eigenvalue weighted by molar-refractivity contribution is 6.31. The molecule has 250 valence electrons. The van der Waals surface area contributed by atoms with Gasteiger partial charge < -0.3 is 19.9 Å². The molecule has 7 rings (SSSR count). The fraction of sp³-hybridized carbons (Fsp3) is 0.455. The van der Waals surface area contributed by atoms with Crippen LogP contribution >= 0.6 is 11.6 Å². The van der Waals surface area contributed by atoms with Crippen LogP contribution in [0, 0.1) is 28.6 Å². The maximum atomic E-state index is 13.6. The van der Waals surface area contributed by atoms with E-state index in [0.29, 0.717) is 30.6 Å². The molecule has 0 unspecified atom stereocenters. The number of ether oxygens (including phenoxy) is 1. The third kappa shape index (κ3) is 6.44. The summed E-state index contributed by atoms with van der Waals surface area (Å²) in [6, 6.07) is 8.42. The number of rotatable bonds is 9. The molecule has 2 amide bonds. The minimum Gasteiger partial charge on any atom is -0.434 e. The summed E-state index contributed by atoms with van der Waals surface area (Å²) in [5.74, 6) is -0.238. The number of nitrogens with one attached hydrogen (secondary N) is 1. The zero-order chi connectivity index (χ0) is 33.4. The van der Waals surface area contributed by atoms with Gasteiger partial charge in [0.25, 0.3) is 5.91 Å². The first-order chi connectivity index (χ1) is 23.2. The zero-order valence-electron chi connectivity index (χ0n) is 26.1. The summed E-state index contributed by atoms with van der Waals surface area (Å²) in [5.41, 5.74) is 0.619. The van der Waals surface area contributed by atoms with Crippen molar-refractivity contribution in [2.24, 2.45) is 17.3 Å². The van der Waals surface area contributed by atoms with Crippen molar-refractivity contribution in [2.45, 2.75) is 45.3 Å². The number of hydrogen-bond donors (Lipinski definition) is 1. The molecule has 0 bridgehead atoms. The number of nitrogens with zero attached hydrogens (tertiary/aromatic N) is 8. The van der Waals surface area contributed by atoms with Gasteiger partial charge in [-0.15, -0.1) is 0 Å². The van der Waals surface area contributed by atoms with Crippen molar-refractivity contribution in [1.82, 2.24) is 34.2 Å². The van der Waals surface area contributed by atoms with Crippen LogP contribution in [0.4, 0.5) is 14.5 Å². The highest BCUT2D eigenvalue weighted by Gasteiger charge is 2.44. The van der Waals surface area contributed by atoms with Crippen molar-refractivity contribution in [3.63, 3.8) is 0 Å². The van der Waals surface area contributed by atoms with Crippen LogP contribution in [0.3, 0.4) is 0 Å². The van der Waals surface area contributed by atoms with Gasteiger partial charge in [-0.25, -0.2) is 9.50 Å². The Morgan fingerprint density at radius 1 is 1.15 bits per heavy atom. The van der Waals surface area contributed by atoms with E-state index in [-0.39, 0.29) is 51.1 Å². The first-order valence-corrected chi connectivity index (χ1v) is 16.4. The average Bonchev–Trinajstić information content (AvgIpc) is 3.85. The summed E-state index contributed by atoms with van der Waals surface area (Å²) in [6.45, 7) is 0.490. The van der Waals surface area contributed by atoms with E-state index < -0.39 is 12.5 Å². The number of carbonyl (C=O) groups is 2. The van der Waals surface area contributed by atoms with Crippen LogP contribution in [-0.4, -0.2) is 85.3 Å². The summed E-state index contributed by atoms with van der Waals surface area (Å²) in [5, 5.41) is 21.7. The lowest BCUT2D eigenvalue weighted by molar-refractivity contribution is -0.131. The molecule has 3 fully saturated rings. The number of fused-ring (bicyclic) bond motifs is 2. The molecular formula is C33H34ClF2N9O3. The van der Waals surface area contributed by atoms with Gasteiger partial charge in [0.1, 0.15) is 23.6 Å². The Kier molecular flexibility index (Phi) is 8.74. The summed E-state index contributed by atoms with van der Waals surface area (Å²) in [7, 11) is 0. The summed E-state index contributed by atoms with van der Waals surface area (Å²) in [4.78, 5) is 35.5. The average molecular weight is 678 g/mol. The molecule has 48 heavy (non-hydrogen) atoms. The van der Waals surface area contributed by atoms with Gasteiger partial charge in [-0.1, -0.05) is 30.9 Å². The first kappa shape index (κ1) is 32.0. The van der Waals surface area contributed by atoms with Gasteiger partial charge in [-0.05, 0) is 48.9 Å². The smallest absolute Gasteiger partial charge is 0.387 e. The molecule has 4 aromatic rings. The van der Waals surface area contributed by atoms with E-state index in [4.69, 9.17) is 16.3 Å². The quantitative estimate of drug-likeness (QED) is 0.263. The molecule has 15 heteroatoms. The van der Waals surface area contributed by atoms with Crippen molar-refractivity contribution in [2.75, 3.05) is 38.0 Å². The van der Waals surface area contributed by atoms with Gasteiger partial charge in [-0.3, -0.25) is 14.3 Å². The SMILES string of the molecule is N#CC1(CN2C[C@@H]3CN(C(=O)Cn4cc(NC(=O)c5cnn6cccnc56)c(-c5cc(Cl)ccc5OC(F)F)n4)C[C@@H]3C2)CCCCC1. The van der Waals surface area contributed by atoms with E-state index in [0.717, 1.165) is 45.3 Å². The number of carbonyl (C=O) groups excluding carboxylic acids is 2. The summed E-state index contributed by atoms with van der Waals surface area (Å²) < 4.78 is 34.3. The lowest BCUT2D eigenvalue weighted by Crippen LogP contribution is -2.40. The third-order valence-electron chi connectivity index (χ3n) is 9.73. The standard InChI is InChI=1S/C33H34ClF2N9O3/c34-23-5-6-27(48-32(35)36)24(11-23)29-26(40-31(47)25-12-39-45-10-4-9-38-30(25)45)17-44(41-29)18-28(46)43-15-21-13-42(14-22(21)16-43)20-33(19-37)7-2-1-3-8-33/h4-6,9-12,17,21-22,32H,1-3,7-8,13-16,18,20H2,(H,40,47)/t21-,22+. The molecule has 1 aromatic carbocycles. The first-order valence-electron chi connectivity index (χ1n) is 16.0. The van der Waals surface area contributed by atoms with E-state index in [1.165, 1.54) is 52.4 Å². The number of anilines is 1. The molecule has 2 atom stereocenters. The Balaban J connectivity index is 1.09. The molecule has 1 N–H and O–H groups in total. The molecule has 5 heterocycles. The molecule has 0 radical (unpaired) electrons. The monoisotopic (exact) mass is 677 g/mol. The Labute approximate surface area is 280 Å². The number of benzene rings is 1. The molecule has 3 aliphatic rings. The van der Waals surface area contributed by atoms with Crippen molar-refractivity contribution in [1.29, 1.82) is 5.26 Å². The number of amides is 2. The molecule has 12 nitrogen and oxygen atoms in total. The molecule has 3 aromatic heterocycles. The molecule has 2 aliphatic heterocycles. The maximum absolute atomic E-state index is 13.6. The van der Waals surface area contributed by atoms with Crippen molar-refractivity contribution in [3.05, 3.63) is 59.6 Å². The second kappa shape index (κ2) is 13.1. The van der Waals surface area contributed by atoms with Crippen LogP contribution in [0.5, 0.6) is 5.75 Å². The summed E-state index contributed by atoms with van der Waals surface area (Å²) in [6.07, 6.45) is 11.4. The molecule has 1 saturated carbocycles. The fourth-order valence-corrected chi connectivity index (χ4v) is 7.65. The van der Waals surface area contributed by atoms with E-state index >= 15 is 0 Å². The molecule has 2 saturated heterocycles. The Hall–Kier alpha value is -4.61. The lowest BCUT2D eigenvalue weighted by Gasteiger charge is -2.34. The van der Waals surface area contributed by atoms with Gasteiger partial charge in [-0.2, -0.15) is 24.2 Å². The number of halogens is 3. The van der Waals surface area contributed by atoms with Gasteiger partial charge >= 0.3 is 6.61 Å². The number of hydrogen-bond acceptors (Lipinski definition) is 8. The van der Waals surface area contributed by atoms with Gasteiger partial charge in [0.15, 0.2) is 5.65 Å². The van der Waals surface area contributed by atoms with Crippen LogP contribution in [0.15, 0.2) is 49.1 Å². The largest absolute Gasteiger partial charge is 0.434 e. The van der Waals surface area contributed by atoms with Crippen LogP contribution in [-0.2, 0) is 11.3 Å². The number of aromatic nitrogens is 5. The molecule has 1 aliphatic carbocycles. The lowest BCUT2D eigenvalue weighted by atomic mass is 9.75. The predicted molar refractivity (Wildman–Crippen MR) is 171 cm³/mol. The van der Waals surface area contributed by atoms with Gasteiger partial charge in [0.05, 0.1) is 23.4 Å². The van der Waals surface area contributed by atoms with E-state index in [9.17, 15) is 23.6 Å². The van der Waals surface area contributed by atoms with Crippen molar-refractivity contribution < 1.29 is 23.1 Å². The topological polar surface area (TPSA) is 134 Å². The number of alkyl halides is 2. The second-order valence-corrected chi connectivity index (χ2v) is 13.4. The van der Waals surface area contributed by atoms with E-state index in [1.807, 2.05) is 4.90 Å². The van der Waals surface area contributed by atoms with E-state index in [2.05, 4.69) is 31.5 Å². The van der Waals surface area contributed by atoms with Gasteiger partial charge in [0.2, 0.25) is 5.91 Å². The predicted octanol–water partition coefficient (Wildman–Crippen LogP) is 4.96. The third-order valence-corrected chi connectivity index (χ3v) is 9.97. The second-order valence-electron chi connectivity index (χ2n) is 13.0. The highest BCUT2D eigenvalue weighted by Crippen LogP contribution is 2.40. The van der Waals surface area contributed by atoms with Crippen LogP contribution in [0.1, 0.15) is 42.5 Å².